The van der Waals surface area contributed by atoms with Crippen molar-refractivity contribution in [2.75, 3.05) is 0 Å². The van der Waals surface area contributed by atoms with Crippen LogP contribution in [0.3, 0.4) is 0 Å². The van der Waals surface area contributed by atoms with Crippen LogP contribution in [-0.4, -0.2) is 6.10 Å². The zero-order valence-electron chi connectivity index (χ0n) is 11.7. The maximum atomic E-state index is 5.61. The summed E-state index contributed by atoms with van der Waals surface area (Å²) in [5.74, 6) is 2.44. The fourth-order valence-electron chi connectivity index (χ4n) is 2.85. The van der Waals surface area contributed by atoms with E-state index < -0.39 is 0 Å². The summed E-state index contributed by atoms with van der Waals surface area (Å²) in [6.07, 6.45) is 5.41. The minimum atomic E-state index is 0.385. The van der Waals surface area contributed by atoms with Crippen LogP contribution in [0.2, 0.25) is 0 Å². The van der Waals surface area contributed by atoms with Gasteiger partial charge in [0.05, 0.1) is 11.9 Å². The molecule has 0 radical (unpaired) electrons. The first-order valence-corrected chi connectivity index (χ1v) is 6.63. The highest BCUT2D eigenvalue weighted by molar-refractivity contribution is 4.98. The second kappa shape index (κ2) is 5.25. The number of ether oxygens (including phenoxy) is 1. The van der Waals surface area contributed by atoms with E-state index in [1.165, 1.54) is 25.7 Å². The van der Waals surface area contributed by atoms with E-state index in [2.05, 4.69) is 41.2 Å². The third-order valence-corrected chi connectivity index (χ3v) is 3.39. The highest BCUT2D eigenvalue weighted by Gasteiger charge is 2.27. The van der Waals surface area contributed by atoms with Crippen LogP contribution < -0.4 is 0 Å². The Bertz CT molecular complexity index is 236. The predicted octanol–water partition coefficient (Wildman–Crippen LogP) is 4.78. The molecule has 0 bridgehead atoms. The topological polar surface area (TPSA) is 9.23 Å². The summed E-state index contributed by atoms with van der Waals surface area (Å²) >= 11 is 0. The second-order valence-corrected chi connectivity index (χ2v) is 6.77. The Morgan fingerprint density at radius 1 is 1.44 bits per heavy atom. The molecule has 1 aliphatic rings. The fraction of sp³-hybridized carbons (Fsp3) is 0.867. The van der Waals surface area contributed by atoms with Crippen molar-refractivity contribution in [3.63, 3.8) is 0 Å². The number of rotatable bonds is 4. The number of hydrogen-bond donors (Lipinski definition) is 0. The van der Waals surface area contributed by atoms with E-state index in [1.54, 1.807) is 0 Å². The lowest BCUT2D eigenvalue weighted by Gasteiger charge is -2.23. The largest absolute Gasteiger partial charge is 0.495 e. The molecule has 3 atom stereocenters. The lowest BCUT2D eigenvalue weighted by Crippen LogP contribution is -2.12. The summed E-state index contributed by atoms with van der Waals surface area (Å²) in [6, 6.07) is 0. The third kappa shape index (κ3) is 4.59. The highest BCUT2D eigenvalue weighted by atomic mass is 16.5. The monoisotopic (exact) mass is 224 g/mol. The molecule has 0 aromatic carbocycles. The van der Waals surface area contributed by atoms with Gasteiger partial charge in [-0.25, -0.2) is 0 Å². The Balaban J connectivity index is 2.27. The molecule has 1 heteroatoms. The van der Waals surface area contributed by atoms with Crippen molar-refractivity contribution in [3.05, 3.63) is 12.3 Å². The molecule has 1 aliphatic heterocycles. The van der Waals surface area contributed by atoms with Gasteiger partial charge in [0.25, 0.3) is 0 Å². The smallest absolute Gasteiger partial charge is 0.0961 e. The number of allylic oxidation sites excluding steroid dienone is 1. The normalized spacial score (nSPS) is 27.9. The van der Waals surface area contributed by atoms with Crippen molar-refractivity contribution >= 4 is 0 Å². The molecule has 94 valence electrons. The molecule has 0 N–H and O–H groups in total. The van der Waals surface area contributed by atoms with Crippen LogP contribution >= 0.6 is 0 Å². The zero-order valence-corrected chi connectivity index (χ0v) is 11.7. The van der Waals surface area contributed by atoms with Gasteiger partial charge < -0.3 is 4.74 Å². The van der Waals surface area contributed by atoms with E-state index in [0.717, 1.165) is 11.7 Å². The minimum Gasteiger partial charge on any atom is -0.495 e. The first-order valence-electron chi connectivity index (χ1n) is 6.63. The summed E-state index contributed by atoms with van der Waals surface area (Å²) in [5.41, 5.74) is 0.454. The Hall–Kier alpha value is -0.460. The molecule has 1 saturated heterocycles. The minimum absolute atomic E-state index is 0.385. The van der Waals surface area contributed by atoms with E-state index >= 15 is 0 Å². The predicted molar refractivity (Wildman–Crippen MR) is 70.3 cm³/mol. The van der Waals surface area contributed by atoms with Gasteiger partial charge in [-0.05, 0) is 43.9 Å². The van der Waals surface area contributed by atoms with E-state index in [9.17, 15) is 0 Å². The molecule has 16 heavy (non-hydrogen) atoms. The highest BCUT2D eigenvalue weighted by Crippen LogP contribution is 2.34. The van der Waals surface area contributed by atoms with Gasteiger partial charge in [-0.3, -0.25) is 0 Å². The first-order chi connectivity index (χ1) is 7.28. The maximum Gasteiger partial charge on any atom is 0.0961 e. The van der Waals surface area contributed by atoms with Gasteiger partial charge in [0.15, 0.2) is 0 Å². The van der Waals surface area contributed by atoms with Crippen LogP contribution in [0.5, 0.6) is 0 Å². The van der Waals surface area contributed by atoms with Gasteiger partial charge >= 0.3 is 0 Å². The summed E-state index contributed by atoms with van der Waals surface area (Å²) in [6.45, 7) is 15.5. The van der Waals surface area contributed by atoms with Crippen LogP contribution in [0.15, 0.2) is 12.3 Å². The van der Waals surface area contributed by atoms with Crippen molar-refractivity contribution in [2.24, 2.45) is 17.3 Å². The van der Waals surface area contributed by atoms with E-state index in [4.69, 9.17) is 4.74 Å². The molecule has 0 saturated carbocycles. The zero-order chi connectivity index (χ0) is 12.3. The lowest BCUT2D eigenvalue weighted by molar-refractivity contribution is 0.177. The van der Waals surface area contributed by atoms with Crippen LogP contribution in [0.4, 0.5) is 0 Å². The van der Waals surface area contributed by atoms with Crippen molar-refractivity contribution in [2.45, 2.75) is 66.4 Å². The SMILES string of the molecule is C=C1O[C@@H](C)CC1CC[C@H](C)CC(C)(C)C. The molecule has 0 spiro atoms. The number of hydrogen-bond acceptors (Lipinski definition) is 1. The van der Waals surface area contributed by atoms with E-state index in [0.29, 0.717) is 17.4 Å². The summed E-state index contributed by atoms with van der Waals surface area (Å²) in [5, 5.41) is 0. The molecule has 0 aromatic heterocycles. The average molecular weight is 224 g/mol. The first kappa shape index (κ1) is 13.6. The van der Waals surface area contributed by atoms with Crippen LogP contribution in [0.25, 0.3) is 0 Å². The second-order valence-electron chi connectivity index (χ2n) is 6.77. The van der Waals surface area contributed by atoms with Crippen LogP contribution in [0, 0.1) is 17.3 Å². The van der Waals surface area contributed by atoms with Crippen molar-refractivity contribution in [1.82, 2.24) is 0 Å². The Morgan fingerprint density at radius 2 is 2.06 bits per heavy atom. The third-order valence-electron chi connectivity index (χ3n) is 3.39. The van der Waals surface area contributed by atoms with Crippen LogP contribution in [-0.2, 0) is 4.74 Å². The summed E-state index contributed by atoms with van der Waals surface area (Å²) < 4.78 is 5.61. The van der Waals surface area contributed by atoms with Gasteiger partial charge in [0, 0.05) is 5.92 Å². The molecule has 0 aromatic rings. The summed E-state index contributed by atoms with van der Waals surface area (Å²) in [4.78, 5) is 0. The quantitative estimate of drug-likeness (QED) is 0.668. The lowest BCUT2D eigenvalue weighted by atomic mass is 9.82. The van der Waals surface area contributed by atoms with Gasteiger partial charge in [-0.2, -0.15) is 0 Å². The molecule has 1 unspecified atom stereocenters. The van der Waals surface area contributed by atoms with Gasteiger partial charge in [-0.15, -0.1) is 0 Å². The van der Waals surface area contributed by atoms with E-state index in [-0.39, 0.29) is 0 Å². The molecule has 0 amide bonds. The molecule has 1 heterocycles. The molecule has 1 nitrogen and oxygen atoms in total. The molecule has 0 aliphatic carbocycles. The van der Waals surface area contributed by atoms with Crippen LogP contribution in [0.1, 0.15) is 60.3 Å². The average Bonchev–Trinajstić information content (AvgIpc) is 2.38. The molecular formula is C15H28O. The van der Waals surface area contributed by atoms with E-state index in [1.807, 2.05) is 0 Å². The van der Waals surface area contributed by atoms with Crippen molar-refractivity contribution in [1.29, 1.82) is 0 Å². The summed E-state index contributed by atoms with van der Waals surface area (Å²) in [7, 11) is 0. The van der Waals surface area contributed by atoms with Gasteiger partial charge in [0.2, 0.25) is 0 Å². The Labute approximate surface area is 101 Å². The van der Waals surface area contributed by atoms with Crippen molar-refractivity contribution in [3.8, 4) is 0 Å². The Morgan fingerprint density at radius 3 is 2.50 bits per heavy atom. The Kier molecular flexibility index (Phi) is 4.46. The molecule has 1 rings (SSSR count). The van der Waals surface area contributed by atoms with Gasteiger partial charge in [0.1, 0.15) is 0 Å². The molecule has 1 fully saturated rings. The molecular weight excluding hydrogens is 196 g/mol. The fourth-order valence-corrected chi connectivity index (χ4v) is 2.85. The maximum absolute atomic E-state index is 5.61. The van der Waals surface area contributed by atoms with Crippen molar-refractivity contribution < 1.29 is 4.74 Å². The van der Waals surface area contributed by atoms with Gasteiger partial charge in [-0.1, -0.05) is 34.3 Å². The standard InChI is InChI=1S/C15H28O/c1-11(10-15(4,5)6)7-8-14-9-12(2)16-13(14)3/h11-12,14H,3,7-10H2,1-2,4-6H3/t11-,12-,14?/m0/s1.